The molecule has 1 rings (SSSR count). The number of carbonyl (C=O) groups is 1. The van der Waals surface area contributed by atoms with Crippen molar-refractivity contribution in [3.63, 3.8) is 0 Å². The van der Waals surface area contributed by atoms with Crippen LogP contribution >= 0.6 is 0 Å². The number of hydrogen-bond donors (Lipinski definition) is 1. The summed E-state index contributed by atoms with van der Waals surface area (Å²) in [5.74, 6) is 0.583. The molecule has 0 aromatic heterocycles. The Morgan fingerprint density at radius 3 is 2.53 bits per heavy atom. The van der Waals surface area contributed by atoms with E-state index in [-0.39, 0.29) is 5.91 Å². The molecule has 0 heterocycles. The summed E-state index contributed by atoms with van der Waals surface area (Å²) in [7, 11) is 3.53. The van der Waals surface area contributed by atoms with Crippen molar-refractivity contribution in [2.75, 3.05) is 26.0 Å². The topological polar surface area (TPSA) is 32.3 Å². The maximum Gasteiger partial charge on any atom is 0.241 e. The van der Waals surface area contributed by atoms with Gasteiger partial charge in [-0.05, 0) is 30.0 Å². The number of benzene rings is 1. The molecule has 1 aromatic carbocycles. The van der Waals surface area contributed by atoms with Crippen molar-refractivity contribution in [1.82, 2.24) is 4.90 Å². The average Bonchev–Trinajstić information content (AvgIpc) is 2.26. The maximum absolute atomic E-state index is 11.5. The molecule has 0 aliphatic carbocycles. The number of rotatable bonds is 4. The van der Waals surface area contributed by atoms with Gasteiger partial charge in [-0.25, -0.2) is 0 Å². The molecule has 94 valence electrons. The van der Waals surface area contributed by atoms with Gasteiger partial charge < -0.3 is 10.2 Å². The highest BCUT2D eigenvalue weighted by molar-refractivity contribution is 5.80. The number of nitrogens with zero attached hydrogens (tertiary/aromatic N) is 1. The molecule has 0 radical (unpaired) electrons. The molecule has 0 fully saturated rings. The highest BCUT2D eigenvalue weighted by atomic mass is 16.2. The van der Waals surface area contributed by atoms with E-state index in [0.29, 0.717) is 12.5 Å². The van der Waals surface area contributed by atoms with Crippen molar-refractivity contribution in [3.05, 3.63) is 29.3 Å². The summed E-state index contributed by atoms with van der Waals surface area (Å²) in [6.45, 7) is 6.72. The Morgan fingerprint density at radius 2 is 2.00 bits per heavy atom. The van der Waals surface area contributed by atoms with Crippen LogP contribution in [0.4, 0.5) is 5.69 Å². The standard InChI is InChI=1S/C14H22N2O/c1-10(2)12-7-6-11(3)13(8-12)15-9-14(17)16(4)5/h6-8,10,15H,9H2,1-5H3. The van der Waals surface area contributed by atoms with Crippen molar-refractivity contribution in [2.24, 2.45) is 0 Å². The normalized spacial score (nSPS) is 10.5. The number of likely N-dealkylation sites (N-methyl/N-ethyl adjacent to an activating group) is 1. The van der Waals surface area contributed by atoms with Gasteiger partial charge in [-0.1, -0.05) is 26.0 Å². The molecular formula is C14H22N2O. The minimum absolute atomic E-state index is 0.0827. The first kappa shape index (κ1) is 13.6. The lowest BCUT2D eigenvalue weighted by atomic mass is 10.0. The van der Waals surface area contributed by atoms with Gasteiger partial charge in [0.25, 0.3) is 0 Å². The molecule has 1 amide bonds. The first-order chi connectivity index (χ1) is 7.91. The Morgan fingerprint density at radius 1 is 1.35 bits per heavy atom. The predicted molar refractivity (Wildman–Crippen MR) is 72.5 cm³/mol. The minimum Gasteiger partial charge on any atom is -0.376 e. The summed E-state index contributed by atoms with van der Waals surface area (Å²) in [5, 5.41) is 3.20. The lowest BCUT2D eigenvalue weighted by molar-refractivity contribution is -0.126. The van der Waals surface area contributed by atoms with Crippen molar-refractivity contribution in [2.45, 2.75) is 26.7 Å². The molecule has 0 saturated heterocycles. The molecule has 0 aliphatic heterocycles. The molecule has 0 spiro atoms. The van der Waals surface area contributed by atoms with Gasteiger partial charge >= 0.3 is 0 Å². The highest BCUT2D eigenvalue weighted by Crippen LogP contribution is 2.22. The Balaban J connectivity index is 2.76. The highest BCUT2D eigenvalue weighted by Gasteiger charge is 2.06. The van der Waals surface area contributed by atoms with Crippen molar-refractivity contribution in [3.8, 4) is 0 Å². The second kappa shape index (κ2) is 5.71. The Labute approximate surface area is 104 Å². The van der Waals surface area contributed by atoms with Crippen LogP contribution in [0.15, 0.2) is 18.2 Å². The fraction of sp³-hybridized carbons (Fsp3) is 0.500. The van der Waals surface area contributed by atoms with Crippen LogP contribution < -0.4 is 5.32 Å². The van der Waals surface area contributed by atoms with Crippen molar-refractivity contribution < 1.29 is 4.79 Å². The van der Waals surface area contributed by atoms with Crippen LogP contribution in [-0.4, -0.2) is 31.4 Å². The van der Waals surface area contributed by atoms with Crippen molar-refractivity contribution >= 4 is 11.6 Å². The number of aryl methyl sites for hydroxylation is 1. The zero-order valence-corrected chi connectivity index (χ0v) is 11.4. The number of amides is 1. The third-order valence-corrected chi connectivity index (χ3v) is 2.86. The van der Waals surface area contributed by atoms with Crippen LogP contribution in [0, 0.1) is 6.92 Å². The van der Waals surface area contributed by atoms with Crippen LogP contribution in [0.5, 0.6) is 0 Å². The fourth-order valence-electron chi connectivity index (χ4n) is 1.52. The van der Waals surface area contributed by atoms with E-state index in [9.17, 15) is 4.79 Å². The SMILES string of the molecule is Cc1ccc(C(C)C)cc1NCC(=O)N(C)C. The van der Waals surface area contributed by atoms with E-state index in [2.05, 4.69) is 37.4 Å². The van der Waals surface area contributed by atoms with Gasteiger partial charge in [0.2, 0.25) is 5.91 Å². The first-order valence-corrected chi connectivity index (χ1v) is 5.96. The van der Waals surface area contributed by atoms with E-state index in [1.165, 1.54) is 11.1 Å². The monoisotopic (exact) mass is 234 g/mol. The van der Waals surface area contributed by atoms with Gasteiger partial charge in [-0.3, -0.25) is 4.79 Å². The summed E-state index contributed by atoms with van der Waals surface area (Å²) >= 11 is 0. The predicted octanol–water partition coefficient (Wildman–Crippen LogP) is 2.62. The van der Waals surface area contributed by atoms with Gasteiger partial charge in [0.15, 0.2) is 0 Å². The molecule has 0 saturated carbocycles. The first-order valence-electron chi connectivity index (χ1n) is 5.96. The lowest BCUT2D eigenvalue weighted by Crippen LogP contribution is -2.28. The number of carbonyl (C=O) groups excluding carboxylic acids is 1. The molecule has 3 heteroatoms. The van der Waals surface area contributed by atoms with Crippen LogP contribution in [-0.2, 0) is 4.79 Å². The zero-order chi connectivity index (χ0) is 13.0. The van der Waals surface area contributed by atoms with Crippen LogP contribution in [0.1, 0.15) is 30.9 Å². The zero-order valence-electron chi connectivity index (χ0n) is 11.4. The summed E-state index contributed by atoms with van der Waals surface area (Å²) in [6.07, 6.45) is 0. The van der Waals surface area contributed by atoms with Gasteiger partial charge in [-0.15, -0.1) is 0 Å². The van der Waals surface area contributed by atoms with Gasteiger partial charge in [0.05, 0.1) is 6.54 Å². The molecule has 0 aliphatic rings. The summed E-state index contributed by atoms with van der Waals surface area (Å²) in [4.78, 5) is 13.1. The molecule has 0 unspecified atom stereocenters. The minimum atomic E-state index is 0.0827. The van der Waals surface area contributed by atoms with E-state index in [4.69, 9.17) is 0 Å². The summed E-state index contributed by atoms with van der Waals surface area (Å²) in [5.41, 5.74) is 3.50. The second-order valence-corrected chi connectivity index (χ2v) is 4.87. The molecule has 0 atom stereocenters. The molecule has 1 aromatic rings. The van der Waals surface area contributed by atoms with Crippen LogP contribution in [0.2, 0.25) is 0 Å². The number of anilines is 1. The average molecular weight is 234 g/mol. The van der Waals surface area contributed by atoms with Gasteiger partial charge in [0.1, 0.15) is 0 Å². The van der Waals surface area contributed by atoms with Gasteiger partial charge in [-0.2, -0.15) is 0 Å². The largest absolute Gasteiger partial charge is 0.376 e. The smallest absolute Gasteiger partial charge is 0.241 e. The van der Waals surface area contributed by atoms with Crippen LogP contribution in [0.25, 0.3) is 0 Å². The molecule has 1 N–H and O–H groups in total. The second-order valence-electron chi connectivity index (χ2n) is 4.87. The van der Waals surface area contributed by atoms with Crippen LogP contribution in [0.3, 0.4) is 0 Å². The Kier molecular flexibility index (Phi) is 4.55. The third kappa shape index (κ3) is 3.77. The molecule has 3 nitrogen and oxygen atoms in total. The maximum atomic E-state index is 11.5. The molecule has 0 bridgehead atoms. The number of hydrogen-bond acceptors (Lipinski definition) is 2. The van der Waals surface area contributed by atoms with Crippen molar-refractivity contribution in [1.29, 1.82) is 0 Å². The fourth-order valence-corrected chi connectivity index (χ4v) is 1.52. The lowest BCUT2D eigenvalue weighted by Gasteiger charge is -2.15. The molecular weight excluding hydrogens is 212 g/mol. The quantitative estimate of drug-likeness (QED) is 0.868. The van der Waals surface area contributed by atoms with E-state index in [1.807, 2.05) is 6.92 Å². The number of nitrogens with one attached hydrogen (secondary N) is 1. The van der Waals surface area contributed by atoms with E-state index < -0.39 is 0 Å². The van der Waals surface area contributed by atoms with E-state index >= 15 is 0 Å². The third-order valence-electron chi connectivity index (χ3n) is 2.86. The van der Waals surface area contributed by atoms with E-state index in [1.54, 1.807) is 19.0 Å². The van der Waals surface area contributed by atoms with Gasteiger partial charge in [0, 0.05) is 19.8 Å². The molecule has 17 heavy (non-hydrogen) atoms. The summed E-state index contributed by atoms with van der Waals surface area (Å²) in [6, 6.07) is 6.36. The summed E-state index contributed by atoms with van der Waals surface area (Å²) < 4.78 is 0. The Hall–Kier alpha value is -1.51. The van der Waals surface area contributed by atoms with E-state index in [0.717, 1.165) is 5.69 Å². The Bertz CT molecular complexity index is 397.